The number of hydrogen-bond donors (Lipinski definition) is 0. The van der Waals surface area contributed by atoms with Crippen LogP contribution in [-0.2, 0) is 0 Å². The number of carbonyl (C=O) groups is 1. The minimum absolute atomic E-state index is 0.0662. The van der Waals surface area contributed by atoms with E-state index in [1.807, 2.05) is 6.07 Å². The third-order valence-electron chi connectivity index (χ3n) is 4.37. The molecule has 1 saturated heterocycles. The standard InChI is InChI=1S/C16H21FN2O/c1-11-9-16(14(12(2)20)10-15(11)17)19-7-5-18(6-8-19)13-3-4-13/h9-10,13H,3-8H2,1-2H3. The quantitative estimate of drug-likeness (QED) is 0.793. The average molecular weight is 276 g/mol. The lowest BCUT2D eigenvalue weighted by Gasteiger charge is -2.37. The van der Waals surface area contributed by atoms with E-state index in [4.69, 9.17) is 0 Å². The maximum absolute atomic E-state index is 13.7. The van der Waals surface area contributed by atoms with Crippen LogP contribution in [0.2, 0.25) is 0 Å². The van der Waals surface area contributed by atoms with Gasteiger partial charge in [-0.25, -0.2) is 4.39 Å². The Morgan fingerprint density at radius 2 is 1.85 bits per heavy atom. The maximum atomic E-state index is 13.7. The van der Waals surface area contributed by atoms with Crippen LogP contribution in [0.4, 0.5) is 10.1 Å². The van der Waals surface area contributed by atoms with Crippen molar-refractivity contribution in [2.45, 2.75) is 32.7 Å². The number of rotatable bonds is 3. The van der Waals surface area contributed by atoms with Crippen molar-refractivity contribution in [1.82, 2.24) is 4.90 Å². The molecule has 0 radical (unpaired) electrons. The number of Topliss-reactive ketones (excluding diaryl/α,β-unsaturated/α-hetero) is 1. The number of ketones is 1. The first-order valence-corrected chi connectivity index (χ1v) is 7.36. The topological polar surface area (TPSA) is 23.6 Å². The Bertz CT molecular complexity index is 532. The van der Waals surface area contributed by atoms with Gasteiger partial charge in [0.05, 0.1) is 0 Å². The fraction of sp³-hybridized carbons (Fsp3) is 0.562. The summed E-state index contributed by atoms with van der Waals surface area (Å²) < 4.78 is 13.7. The smallest absolute Gasteiger partial charge is 0.161 e. The van der Waals surface area contributed by atoms with Gasteiger partial charge in [-0.05, 0) is 44.4 Å². The zero-order valence-electron chi connectivity index (χ0n) is 12.2. The number of benzene rings is 1. The molecule has 0 amide bonds. The van der Waals surface area contributed by atoms with Crippen molar-refractivity contribution >= 4 is 11.5 Å². The summed E-state index contributed by atoms with van der Waals surface area (Å²) in [7, 11) is 0. The molecule has 4 heteroatoms. The third kappa shape index (κ3) is 2.57. The van der Waals surface area contributed by atoms with Crippen LogP contribution in [0.15, 0.2) is 12.1 Å². The molecule has 1 saturated carbocycles. The first-order chi connectivity index (χ1) is 9.56. The Morgan fingerprint density at radius 3 is 2.40 bits per heavy atom. The number of piperazine rings is 1. The molecule has 3 rings (SSSR count). The number of hydrogen-bond acceptors (Lipinski definition) is 3. The number of nitrogens with zero attached hydrogens (tertiary/aromatic N) is 2. The Balaban J connectivity index is 1.82. The Morgan fingerprint density at radius 1 is 1.20 bits per heavy atom. The lowest BCUT2D eigenvalue weighted by atomic mass is 10.0. The van der Waals surface area contributed by atoms with Crippen molar-refractivity contribution in [3.05, 3.63) is 29.1 Å². The monoisotopic (exact) mass is 276 g/mol. The van der Waals surface area contributed by atoms with Crippen LogP contribution >= 0.6 is 0 Å². The SMILES string of the molecule is CC(=O)c1cc(F)c(C)cc1N1CCN(C2CC2)CC1. The van der Waals surface area contributed by atoms with E-state index in [-0.39, 0.29) is 11.6 Å². The van der Waals surface area contributed by atoms with Crippen LogP contribution in [0.25, 0.3) is 0 Å². The molecule has 0 bridgehead atoms. The van der Waals surface area contributed by atoms with Crippen LogP contribution < -0.4 is 4.90 Å². The van der Waals surface area contributed by atoms with Gasteiger partial charge in [-0.3, -0.25) is 9.69 Å². The molecule has 20 heavy (non-hydrogen) atoms. The highest BCUT2D eigenvalue weighted by molar-refractivity contribution is 6.00. The molecule has 108 valence electrons. The second-order valence-electron chi connectivity index (χ2n) is 5.93. The van der Waals surface area contributed by atoms with Gasteiger partial charge in [-0.15, -0.1) is 0 Å². The number of halogens is 1. The molecule has 1 aromatic carbocycles. The van der Waals surface area contributed by atoms with Crippen molar-refractivity contribution < 1.29 is 9.18 Å². The van der Waals surface area contributed by atoms with Crippen molar-refractivity contribution in [2.75, 3.05) is 31.1 Å². The van der Waals surface area contributed by atoms with Gasteiger partial charge in [0.2, 0.25) is 0 Å². The van der Waals surface area contributed by atoms with E-state index in [0.29, 0.717) is 11.1 Å². The molecule has 0 N–H and O–H groups in total. The van der Waals surface area contributed by atoms with Crippen LogP contribution in [0.3, 0.4) is 0 Å². The van der Waals surface area contributed by atoms with E-state index >= 15 is 0 Å². The second kappa shape index (κ2) is 5.17. The Hall–Kier alpha value is -1.42. The highest BCUT2D eigenvalue weighted by atomic mass is 19.1. The maximum Gasteiger partial charge on any atom is 0.161 e. The molecule has 0 aromatic heterocycles. The molecule has 2 aliphatic rings. The van der Waals surface area contributed by atoms with Gasteiger partial charge in [-0.2, -0.15) is 0 Å². The lowest BCUT2D eigenvalue weighted by molar-refractivity contribution is 0.101. The van der Waals surface area contributed by atoms with E-state index < -0.39 is 0 Å². The summed E-state index contributed by atoms with van der Waals surface area (Å²) in [6.45, 7) is 7.18. The molecule has 0 spiro atoms. The zero-order valence-corrected chi connectivity index (χ0v) is 12.2. The summed E-state index contributed by atoms with van der Waals surface area (Å²) in [5.74, 6) is -0.362. The molecule has 0 atom stereocenters. The second-order valence-corrected chi connectivity index (χ2v) is 5.93. The van der Waals surface area contributed by atoms with E-state index in [2.05, 4.69) is 9.80 Å². The first-order valence-electron chi connectivity index (χ1n) is 7.36. The van der Waals surface area contributed by atoms with E-state index in [1.165, 1.54) is 25.8 Å². The molecule has 2 fully saturated rings. The Kier molecular flexibility index (Phi) is 3.50. The molecular weight excluding hydrogens is 255 g/mol. The van der Waals surface area contributed by atoms with Crippen molar-refractivity contribution in [3.8, 4) is 0 Å². The van der Waals surface area contributed by atoms with Crippen molar-refractivity contribution in [1.29, 1.82) is 0 Å². The zero-order chi connectivity index (χ0) is 14.3. The minimum Gasteiger partial charge on any atom is -0.368 e. The first kappa shape index (κ1) is 13.6. The van der Waals surface area contributed by atoms with Crippen LogP contribution in [0.5, 0.6) is 0 Å². The molecule has 1 heterocycles. The predicted molar refractivity (Wildman–Crippen MR) is 77.9 cm³/mol. The Labute approximate surface area is 119 Å². The highest BCUT2D eigenvalue weighted by Crippen LogP contribution is 2.30. The highest BCUT2D eigenvalue weighted by Gasteiger charge is 2.31. The summed E-state index contributed by atoms with van der Waals surface area (Å²) in [5.41, 5.74) is 2.01. The minimum atomic E-state index is -0.296. The summed E-state index contributed by atoms with van der Waals surface area (Å²) in [4.78, 5) is 16.5. The summed E-state index contributed by atoms with van der Waals surface area (Å²) >= 11 is 0. The average Bonchev–Trinajstić information content (AvgIpc) is 3.26. The van der Waals surface area contributed by atoms with Crippen LogP contribution in [0.1, 0.15) is 35.7 Å². The van der Waals surface area contributed by atoms with Crippen LogP contribution in [-0.4, -0.2) is 42.9 Å². The summed E-state index contributed by atoms with van der Waals surface area (Å²) in [6.07, 6.45) is 2.66. The van der Waals surface area contributed by atoms with E-state index in [0.717, 1.165) is 37.9 Å². The molecule has 1 aliphatic carbocycles. The normalized spacial score (nSPS) is 20.2. The van der Waals surface area contributed by atoms with E-state index in [1.54, 1.807) is 6.92 Å². The predicted octanol–water partition coefficient (Wildman–Crippen LogP) is 2.62. The van der Waals surface area contributed by atoms with Gasteiger partial charge in [0, 0.05) is 43.5 Å². The van der Waals surface area contributed by atoms with Crippen molar-refractivity contribution in [3.63, 3.8) is 0 Å². The molecule has 0 unspecified atom stereocenters. The number of carbonyl (C=O) groups excluding carboxylic acids is 1. The fourth-order valence-corrected chi connectivity index (χ4v) is 2.98. The van der Waals surface area contributed by atoms with Gasteiger partial charge < -0.3 is 4.90 Å². The van der Waals surface area contributed by atoms with Gasteiger partial charge in [0.15, 0.2) is 5.78 Å². The van der Waals surface area contributed by atoms with Gasteiger partial charge in [0.25, 0.3) is 0 Å². The fourth-order valence-electron chi connectivity index (χ4n) is 2.98. The van der Waals surface area contributed by atoms with E-state index in [9.17, 15) is 9.18 Å². The number of aryl methyl sites for hydroxylation is 1. The molecule has 3 nitrogen and oxygen atoms in total. The molecular formula is C16H21FN2O. The molecule has 1 aliphatic heterocycles. The van der Waals surface area contributed by atoms with Gasteiger partial charge in [-0.1, -0.05) is 0 Å². The van der Waals surface area contributed by atoms with Gasteiger partial charge in [0.1, 0.15) is 5.82 Å². The van der Waals surface area contributed by atoms with Crippen molar-refractivity contribution in [2.24, 2.45) is 0 Å². The summed E-state index contributed by atoms with van der Waals surface area (Å²) in [5, 5.41) is 0. The number of anilines is 1. The lowest BCUT2D eigenvalue weighted by Crippen LogP contribution is -2.47. The van der Waals surface area contributed by atoms with Gasteiger partial charge >= 0.3 is 0 Å². The van der Waals surface area contributed by atoms with Crippen LogP contribution in [0, 0.1) is 12.7 Å². The third-order valence-corrected chi connectivity index (χ3v) is 4.37. The molecule has 1 aromatic rings. The largest absolute Gasteiger partial charge is 0.368 e. The summed E-state index contributed by atoms with van der Waals surface area (Å²) in [6, 6.07) is 4.00.